The summed E-state index contributed by atoms with van der Waals surface area (Å²) >= 11 is 3.35. The quantitative estimate of drug-likeness (QED) is 0.709. The lowest BCUT2D eigenvalue weighted by molar-refractivity contribution is -0.115. The first-order valence-corrected chi connectivity index (χ1v) is 8.34. The summed E-state index contributed by atoms with van der Waals surface area (Å²) in [6, 6.07) is 14.2. The summed E-state index contributed by atoms with van der Waals surface area (Å²) in [6.07, 6.45) is -0.353. The maximum absolute atomic E-state index is 12.1. The smallest absolute Gasteiger partial charge is 0.251 e. The summed E-state index contributed by atoms with van der Waals surface area (Å²) in [5, 5.41) is 14.6. The fraction of sp³-hybridized carbons (Fsp3) is 0.222. The van der Waals surface area contributed by atoms with Gasteiger partial charge in [-0.15, -0.1) is 0 Å². The van der Waals surface area contributed by atoms with Gasteiger partial charge in [0.1, 0.15) is 0 Å². The van der Waals surface area contributed by atoms with E-state index in [1.807, 2.05) is 24.3 Å². The molecule has 3 N–H and O–H groups in total. The SMILES string of the molecule is CC(O)CNC(=O)c1cccc(NC(=O)Cc2ccc(Br)cc2)c1. The molecular formula is C18H19BrN2O3. The van der Waals surface area contributed by atoms with Crippen molar-refractivity contribution in [1.82, 2.24) is 5.32 Å². The van der Waals surface area contributed by atoms with Gasteiger partial charge in [0.05, 0.1) is 12.5 Å². The molecule has 2 rings (SSSR count). The summed E-state index contributed by atoms with van der Waals surface area (Å²) < 4.78 is 0.961. The van der Waals surface area contributed by atoms with Crippen molar-refractivity contribution in [3.8, 4) is 0 Å². The molecule has 0 aliphatic heterocycles. The molecule has 0 aromatic heterocycles. The molecular weight excluding hydrogens is 372 g/mol. The van der Waals surface area contributed by atoms with Gasteiger partial charge in [0.2, 0.25) is 5.91 Å². The second-order valence-corrected chi connectivity index (χ2v) is 6.41. The lowest BCUT2D eigenvalue weighted by Crippen LogP contribution is -2.30. The molecule has 24 heavy (non-hydrogen) atoms. The van der Waals surface area contributed by atoms with E-state index >= 15 is 0 Å². The number of carbonyl (C=O) groups excluding carboxylic acids is 2. The van der Waals surface area contributed by atoms with Gasteiger partial charge >= 0.3 is 0 Å². The van der Waals surface area contributed by atoms with Gasteiger partial charge in [-0.3, -0.25) is 9.59 Å². The van der Waals surface area contributed by atoms with Crippen molar-refractivity contribution in [3.05, 3.63) is 64.1 Å². The summed E-state index contributed by atoms with van der Waals surface area (Å²) in [4.78, 5) is 24.1. The highest BCUT2D eigenvalue weighted by molar-refractivity contribution is 9.10. The largest absolute Gasteiger partial charge is 0.392 e. The molecule has 0 aliphatic rings. The standard InChI is InChI=1S/C18H19BrN2O3/c1-12(22)11-20-18(24)14-3-2-4-16(10-14)21-17(23)9-13-5-7-15(19)8-6-13/h2-8,10,12,22H,9,11H2,1H3,(H,20,24)(H,21,23). The first kappa shape index (κ1) is 18.2. The highest BCUT2D eigenvalue weighted by atomic mass is 79.9. The molecule has 0 fully saturated rings. The zero-order chi connectivity index (χ0) is 17.5. The van der Waals surface area contributed by atoms with Gasteiger partial charge in [-0.05, 0) is 42.8 Å². The van der Waals surface area contributed by atoms with Gasteiger partial charge in [0.25, 0.3) is 5.91 Å². The van der Waals surface area contributed by atoms with E-state index in [0.717, 1.165) is 10.0 Å². The number of nitrogens with one attached hydrogen (secondary N) is 2. The van der Waals surface area contributed by atoms with Crippen molar-refractivity contribution in [3.63, 3.8) is 0 Å². The molecule has 2 aromatic carbocycles. The van der Waals surface area contributed by atoms with E-state index in [1.165, 1.54) is 0 Å². The van der Waals surface area contributed by atoms with Gasteiger partial charge in [-0.1, -0.05) is 34.1 Å². The van der Waals surface area contributed by atoms with Gasteiger partial charge in [-0.2, -0.15) is 0 Å². The average Bonchev–Trinajstić information content (AvgIpc) is 2.55. The Morgan fingerprint density at radius 3 is 2.54 bits per heavy atom. The first-order valence-electron chi connectivity index (χ1n) is 7.54. The lowest BCUT2D eigenvalue weighted by Gasteiger charge is -2.09. The van der Waals surface area contributed by atoms with Crippen LogP contribution >= 0.6 is 15.9 Å². The van der Waals surface area contributed by atoms with Crippen LogP contribution < -0.4 is 10.6 Å². The molecule has 0 heterocycles. The summed E-state index contributed by atoms with van der Waals surface area (Å²) in [5.74, 6) is -0.446. The van der Waals surface area contributed by atoms with E-state index in [2.05, 4.69) is 26.6 Å². The molecule has 0 radical (unpaired) electrons. The first-order chi connectivity index (χ1) is 11.4. The van der Waals surface area contributed by atoms with Crippen LogP contribution in [0.25, 0.3) is 0 Å². The van der Waals surface area contributed by atoms with Crippen LogP contribution in [0.15, 0.2) is 53.0 Å². The Balaban J connectivity index is 1.97. The topological polar surface area (TPSA) is 78.4 Å². The predicted molar refractivity (Wildman–Crippen MR) is 96.9 cm³/mol. The van der Waals surface area contributed by atoms with E-state index in [1.54, 1.807) is 31.2 Å². The lowest BCUT2D eigenvalue weighted by atomic mass is 10.1. The number of hydrogen-bond acceptors (Lipinski definition) is 3. The summed E-state index contributed by atoms with van der Waals surface area (Å²) in [5.41, 5.74) is 1.89. The maximum atomic E-state index is 12.1. The molecule has 0 saturated heterocycles. The van der Waals surface area contributed by atoms with Crippen LogP contribution in [0.2, 0.25) is 0 Å². The Hall–Kier alpha value is -2.18. The Labute approximate surface area is 149 Å². The number of rotatable bonds is 6. The van der Waals surface area contributed by atoms with Gasteiger partial charge < -0.3 is 15.7 Å². The van der Waals surface area contributed by atoms with E-state index in [0.29, 0.717) is 11.3 Å². The Kier molecular flexibility index (Phi) is 6.52. The number of carbonyl (C=O) groups is 2. The predicted octanol–water partition coefficient (Wildman–Crippen LogP) is 2.74. The monoisotopic (exact) mass is 390 g/mol. The zero-order valence-electron chi connectivity index (χ0n) is 13.3. The van der Waals surface area contributed by atoms with E-state index < -0.39 is 6.10 Å². The average molecular weight is 391 g/mol. The Bertz CT molecular complexity index is 714. The summed E-state index contributed by atoms with van der Waals surface area (Å²) in [7, 11) is 0. The molecule has 0 aliphatic carbocycles. The van der Waals surface area contributed by atoms with Gasteiger partial charge in [0, 0.05) is 22.3 Å². The number of benzene rings is 2. The molecule has 6 heteroatoms. The van der Waals surface area contributed by atoms with Crippen LogP contribution in [0.3, 0.4) is 0 Å². The van der Waals surface area contributed by atoms with Crippen molar-refractivity contribution in [1.29, 1.82) is 0 Å². The van der Waals surface area contributed by atoms with Crippen LogP contribution in [-0.4, -0.2) is 29.6 Å². The number of amides is 2. The number of aliphatic hydroxyl groups is 1. The van der Waals surface area contributed by atoms with Crippen molar-refractivity contribution in [2.75, 3.05) is 11.9 Å². The number of halogens is 1. The second-order valence-electron chi connectivity index (χ2n) is 5.49. The molecule has 126 valence electrons. The van der Waals surface area contributed by atoms with Crippen molar-refractivity contribution < 1.29 is 14.7 Å². The highest BCUT2D eigenvalue weighted by Crippen LogP contribution is 2.13. The molecule has 5 nitrogen and oxygen atoms in total. The van der Waals surface area contributed by atoms with Crippen LogP contribution in [0.5, 0.6) is 0 Å². The third-order valence-electron chi connectivity index (χ3n) is 3.24. The fourth-order valence-corrected chi connectivity index (χ4v) is 2.34. The number of aliphatic hydroxyl groups excluding tert-OH is 1. The van der Waals surface area contributed by atoms with Gasteiger partial charge in [0.15, 0.2) is 0 Å². The van der Waals surface area contributed by atoms with Crippen molar-refractivity contribution in [2.45, 2.75) is 19.4 Å². The maximum Gasteiger partial charge on any atom is 0.251 e. The van der Waals surface area contributed by atoms with E-state index in [4.69, 9.17) is 0 Å². The Morgan fingerprint density at radius 1 is 1.17 bits per heavy atom. The molecule has 1 unspecified atom stereocenters. The van der Waals surface area contributed by atoms with Crippen molar-refractivity contribution >= 4 is 33.4 Å². The molecule has 2 amide bonds. The Morgan fingerprint density at radius 2 is 1.88 bits per heavy atom. The number of anilines is 1. The molecule has 0 saturated carbocycles. The molecule has 1 atom stereocenters. The van der Waals surface area contributed by atoms with Crippen LogP contribution in [0.1, 0.15) is 22.8 Å². The van der Waals surface area contributed by atoms with E-state index in [9.17, 15) is 14.7 Å². The van der Waals surface area contributed by atoms with Crippen molar-refractivity contribution in [2.24, 2.45) is 0 Å². The van der Waals surface area contributed by atoms with Crippen LogP contribution in [-0.2, 0) is 11.2 Å². The number of hydrogen-bond donors (Lipinski definition) is 3. The minimum Gasteiger partial charge on any atom is -0.392 e. The van der Waals surface area contributed by atoms with E-state index in [-0.39, 0.29) is 24.8 Å². The highest BCUT2D eigenvalue weighted by Gasteiger charge is 2.09. The minimum absolute atomic E-state index is 0.154. The van der Waals surface area contributed by atoms with Crippen LogP contribution in [0.4, 0.5) is 5.69 Å². The minimum atomic E-state index is -0.609. The normalized spacial score (nSPS) is 11.6. The second kappa shape index (κ2) is 8.61. The zero-order valence-corrected chi connectivity index (χ0v) is 14.8. The third kappa shape index (κ3) is 5.79. The molecule has 0 bridgehead atoms. The molecule has 0 spiro atoms. The van der Waals surface area contributed by atoms with Crippen LogP contribution in [0, 0.1) is 0 Å². The third-order valence-corrected chi connectivity index (χ3v) is 3.77. The summed E-state index contributed by atoms with van der Waals surface area (Å²) in [6.45, 7) is 1.78. The molecule has 2 aromatic rings. The fourth-order valence-electron chi connectivity index (χ4n) is 2.07. The van der Waals surface area contributed by atoms with Gasteiger partial charge in [-0.25, -0.2) is 0 Å².